The number of carbonyl (C=O) groups is 1. The first-order valence-corrected chi connectivity index (χ1v) is 7.65. The Hall–Kier alpha value is -1.20. The van der Waals surface area contributed by atoms with Crippen LogP contribution in [0, 0.1) is 5.92 Å². The Morgan fingerprint density at radius 2 is 2.15 bits per heavy atom. The van der Waals surface area contributed by atoms with Gasteiger partial charge in [0.15, 0.2) is 0 Å². The zero-order valence-corrected chi connectivity index (χ0v) is 12.1. The van der Waals surface area contributed by atoms with E-state index in [0.717, 1.165) is 18.8 Å². The van der Waals surface area contributed by atoms with Crippen molar-refractivity contribution in [2.45, 2.75) is 50.6 Å². The summed E-state index contributed by atoms with van der Waals surface area (Å²) >= 11 is 5.72. The summed E-state index contributed by atoms with van der Waals surface area (Å²) in [5.74, 6) is 1.19. The average molecular weight is 295 g/mol. The van der Waals surface area contributed by atoms with Crippen molar-refractivity contribution in [1.29, 1.82) is 0 Å². The van der Waals surface area contributed by atoms with Crippen LogP contribution in [0.5, 0.6) is 0 Å². The molecule has 1 aromatic heterocycles. The molecule has 1 amide bonds. The van der Waals surface area contributed by atoms with Crippen LogP contribution in [0.3, 0.4) is 0 Å². The van der Waals surface area contributed by atoms with E-state index in [2.05, 4.69) is 20.6 Å². The molecular formula is C14H19ClN4O. The molecule has 5 nitrogen and oxygen atoms in total. The Morgan fingerprint density at radius 3 is 3.00 bits per heavy atom. The summed E-state index contributed by atoms with van der Waals surface area (Å²) < 4.78 is 0. The molecule has 1 saturated carbocycles. The summed E-state index contributed by atoms with van der Waals surface area (Å²) in [5, 5.41) is 6.46. The van der Waals surface area contributed by atoms with Crippen molar-refractivity contribution in [1.82, 2.24) is 15.3 Å². The van der Waals surface area contributed by atoms with Gasteiger partial charge >= 0.3 is 0 Å². The fraction of sp³-hybridized carbons (Fsp3) is 0.643. The third-order valence-electron chi connectivity index (χ3n) is 4.34. The van der Waals surface area contributed by atoms with Gasteiger partial charge in [-0.3, -0.25) is 4.79 Å². The fourth-order valence-electron chi connectivity index (χ4n) is 3.32. The minimum Gasteiger partial charge on any atom is -0.309 e. The lowest BCUT2D eigenvalue weighted by molar-refractivity contribution is -0.119. The topological polar surface area (TPSA) is 66.9 Å². The SMILES string of the molecule is O=C(Nc1ccnc(Cl)n1)C1CCC2CCCCC2N1. The van der Waals surface area contributed by atoms with Crippen LogP contribution >= 0.6 is 11.6 Å². The van der Waals surface area contributed by atoms with Crippen molar-refractivity contribution >= 4 is 23.3 Å². The molecule has 2 fully saturated rings. The molecule has 1 saturated heterocycles. The first-order valence-electron chi connectivity index (χ1n) is 7.28. The summed E-state index contributed by atoms with van der Waals surface area (Å²) in [7, 11) is 0. The number of rotatable bonds is 2. The number of carbonyl (C=O) groups excluding carboxylic acids is 1. The van der Waals surface area contributed by atoms with E-state index >= 15 is 0 Å². The zero-order chi connectivity index (χ0) is 13.9. The van der Waals surface area contributed by atoms with Crippen molar-refractivity contribution < 1.29 is 4.79 Å². The number of halogens is 1. The molecule has 0 radical (unpaired) electrons. The molecule has 20 heavy (non-hydrogen) atoms. The molecule has 2 N–H and O–H groups in total. The number of aromatic nitrogens is 2. The molecular weight excluding hydrogens is 276 g/mol. The van der Waals surface area contributed by atoms with Crippen molar-refractivity contribution in [2.24, 2.45) is 5.92 Å². The molecule has 108 valence electrons. The van der Waals surface area contributed by atoms with Crippen LogP contribution in [0.15, 0.2) is 12.3 Å². The Bertz CT molecular complexity index is 496. The third kappa shape index (κ3) is 3.10. The van der Waals surface area contributed by atoms with E-state index in [1.54, 1.807) is 6.07 Å². The highest BCUT2D eigenvalue weighted by atomic mass is 35.5. The van der Waals surface area contributed by atoms with Crippen molar-refractivity contribution in [2.75, 3.05) is 5.32 Å². The second-order valence-corrected chi connectivity index (χ2v) is 5.99. The van der Waals surface area contributed by atoms with Crippen LogP contribution < -0.4 is 10.6 Å². The minimum absolute atomic E-state index is 0.0243. The normalized spacial score (nSPS) is 29.6. The predicted molar refractivity (Wildman–Crippen MR) is 77.6 cm³/mol. The van der Waals surface area contributed by atoms with Gasteiger partial charge in [0.05, 0.1) is 6.04 Å². The second-order valence-electron chi connectivity index (χ2n) is 5.65. The summed E-state index contributed by atoms with van der Waals surface area (Å²) in [4.78, 5) is 20.1. The van der Waals surface area contributed by atoms with Gasteiger partial charge in [-0.1, -0.05) is 12.8 Å². The van der Waals surface area contributed by atoms with E-state index in [-0.39, 0.29) is 17.2 Å². The van der Waals surface area contributed by atoms with Crippen LogP contribution in [0.4, 0.5) is 5.82 Å². The lowest BCUT2D eigenvalue weighted by atomic mass is 9.77. The maximum atomic E-state index is 12.3. The molecule has 3 atom stereocenters. The monoisotopic (exact) mass is 294 g/mol. The molecule has 2 aliphatic rings. The van der Waals surface area contributed by atoms with Gasteiger partial charge in [0.1, 0.15) is 5.82 Å². The van der Waals surface area contributed by atoms with Crippen LogP contribution in [-0.4, -0.2) is 28.0 Å². The second kappa shape index (κ2) is 6.06. The van der Waals surface area contributed by atoms with Crippen LogP contribution in [0.2, 0.25) is 5.28 Å². The third-order valence-corrected chi connectivity index (χ3v) is 4.53. The first kappa shape index (κ1) is 13.8. The van der Waals surface area contributed by atoms with Crippen LogP contribution in [0.1, 0.15) is 38.5 Å². The summed E-state index contributed by atoms with van der Waals surface area (Å²) in [6, 6.07) is 2.03. The van der Waals surface area contributed by atoms with E-state index in [0.29, 0.717) is 11.9 Å². The van der Waals surface area contributed by atoms with Gasteiger partial charge in [0.25, 0.3) is 0 Å². The smallest absolute Gasteiger partial charge is 0.242 e. The number of piperidine rings is 1. The molecule has 3 rings (SSSR count). The highest BCUT2D eigenvalue weighted by Crippen LogP contribution is 2.32. The standard InChI is InChI=1S/C14H19ClN4O/c15-14-16-8-7-12(19-14)18-13(20)11-6-5-9-3-1-2-4-10(9)17-11/h7-11,17H,1-6H2,(H,16,18,19,20). The van der Waals surface area contributed by atoms with E-state index in [1.807, 2.05) is 0 Å². The Kier molecular flexibility index (Phi) is 4.17. The Balaban J connectivity index is 1.60. The summed E-state index contributed by atoms with van der Waals surface area (Å²) in [6.45, 7) is 0. The largest absolute Gasteiger partial charge is 0.309 e. The number of hydrogen-bond acceptors (Lipinski definition) is 4. The van der Waals surface area contributed by atoms with Crippen molar-refractivity contribution in [3.63, 3.8) is 0 Å². The maximum Gasteiger partial charge on any atom is 0.242 e. The van der Waals surface area contributed by atoms with E-state index in [1.165, 1.54) is 31.9 Å². The average Bonchev–Trinajstić information content (AvgIpc) is 2.47. The van der Waals surface area contributed by atoms with Crippen LogP contribution in [0.25, 0.3) is 0 Å². The molecule has 2 heterocycles. The maximum absolute atomic E-state index is 12.3. The van der Waals surface area contributed by atoms with E-state index in [9.17, 15) is 4.79 Å². The predicted octanol–water partition coefficient (Wildman–Crippen LogP) is 2.38. The molecule has 0 bridgehead atoms. The quantitative estimate of drug-likeness (QED) is 0.822. The van der Waals surface area contributed by atoms with Gasteiger partial charge in [0.2, 0.25) is 11.2 Å². The first-order chi connectivity index (χ1) is 9.72. The van der Waals surface area contributed by atoms with Crippen molar-refractivity contribution in [3.8, 4) is 0 Å². The number of fused-ring (bicyclic) bond motifs is 1. The van der Waals surface area contributed by atoms with Crippen molar-refractivity contribution in [3.05, 3.63) is 17.5 Å². The van der Waals surface area contributed by atoms with Gasteiger partial charge in [-0.15, -0.1) is 0 Å². The van der Waals surface area contributed by atoms with E-state index < -0.39 is 0 Å². The Morgan fingerprint density at radius 1 is 1.30 bits per heavy atom. The van der Waals surface area contributed by atoms with Gasteiger partial charge in [-0.2, -0.15) is 0 Å². The van der Waals surface area contributed by atoms with E-state index in [4.69, 9.17) is 11.6 Å². The van der Waals surface area contributed by atoms with Gasteiger partial charge < -0.3 is 10.6 Å². The highest BCUT2D eigenvalue weighted by Gasteiger charge is 2.34. The number of amides is 1. The molecule has 1 aliphatic heterocycles. The number of nitrogens with zero attached hydrogens (tertiary/aromatic N) is 2. The molecule has 1 aliphatic carbocycles. The summed E-state index contributed by atoms with van der Waals surface area (Å²) in [6.07, 6.45) is 8.66. The molecule has 3 unspecified atom stereocenters. The number of nitrogens with one attached hydrogen (secondary N) is 2. The van der Waals surface area contributed by atoms with Crippen LogP contribution in [-0.2, 0) is 4.79 Å². The number of hydrogen-bond donors (Lipinski definition) is 2. The molecule has 6 heteroatoms. The molecule has 0 spiro atoms. The summed E-state index contributed by atoms with van der Waals surface area (Å²) in [5.41, 5.74) is 0. The lowest BCUT2D eigenvalue weighted by Gasteiger charge is -2.39. The highest BCUT2D eigenvalue weighted by molar-refractivity contribution is 6.28. The van der Waals surface area contributed by atoms with Gasteiger partial charge in [0, 0.05) is 12.2 Å². The zero-order valence-electron chi connectivity index (χ0n) is 11.3. The lowest BCUT2D eigenvalue weighted by Crippen LogP contribution is -2.53. The Labute approximate surface area is 123 Å². The molecule has 0 aromatic carbocycles. The van der Waals surface area contributed by atoms with Gasteiger partial charge in [-0.25, -0.2) is 9.97 Å². The van der Waals surface area contributed by atoms with Gasteiger partial charge in [-0.05, 0) is 49.3 Å². The molecule has 1 aromatic rings. The fourth-order valence-corrected chi connectivity index (χ4v) is 3.47. The minimum atomic E-state index is -0.122. The number of anilines is 1.